The second-order valence-electron chi connectivity index (χ2n) is 9.63. The smallest absolute Gasteiger partial charge is 0.236 e. The van der Waals surface area contributed by atoms with Gasteiger partial charge in [-0.25, -0.2) is 8.78 Å². The first-order valence-electron chi connectivity index (χ1n) is 12.0. The van der Waals surface area contributed by atoms with E-state index >= 15 is 0 Å². The maximum absolute atomic E-state index is 14.0. The number of aliphatic hydroxyl groups excluding tert-OH is 1. The number of hydrogen-bond acceptors (Lipinski definition) is 3. The molecular formula is C29H31F2NO3. The van der Waals surface area contributed by atoms with E-state index < -0.39 is 17.1 Å². The molecule has 35 heavy (non-hydrogen) atoms. The number of halogens is 2. The fraction of sp³-hybridized carbons (Fsp3) is 0.345. The average molecular weight is 480 g/mol. The highest BCUT2D eigenvalue weighted by molar-refractivity contribution is 6.08. The minimum atomic E-state index is -0.851. The molecule has 0 aromatic heterocycles. The van der Waals surface area contributed by atoms with Crippen molar-refractivity contribution in [1.82, 2.24) is 0 Å². The van der Waals surface area contributed by atoms with Crippen LogP contribution < -0.4 is 4.90 Å². The molecule has 3 aromatic rings. The Bertz CT molecular complexity index is 1180. The van der Waals surface area contributed by atoms with E-state index in [0.717, 1.165) is 5.56 Å². The average Bonchev–Trinajstić information content (AvgIpc) is 2.84. The van der Waals surface area contributed by atoms with Crippen LogP contribution in [0, 0.1) is 23.0 Å². The molecule has 2 N–H and O–H groups in total. The summed E-state index contributed by atoms with van der Waals surface area (Å²) >= 11 is 0. The monoisotopic (exact) mass is 479 g/mol. The van der Waals surface area contributed by atoms with Gasteiger partial charge in [-0.05, 0) is 84.8 Å². The van der Waals surface area contributed by atoms with Gasteiger partial charge in [0.1, 0.15) is 17.4 Å². The lowest BCUT2D eigenvalue weighted by molar-refractivity contribution is -0.156. The molecule has 1 heterocycles. The van der Waals surface area contributed by atoms with Crippen LogP contribution in [0.1, 0.15) is 57.3 Å². The number of rotatable bonds is 8. The summed E-state index contributed by atoms with van der Waals surface area (Å²) in [5, 5.41) is 20.8. The predicted molar refractivity (Wildman–Crippen MR) is 132 cm³/mol. The molecule has 4 nitrogen and oxygen atoms in total. The van der Waals surface area contributed by atoms with Crippen LogP contribution in [0.15, 0.2) is 72.8 Å². The number of amides is 1. The van der Waals surface area contributed by atoms with Crippen molar-refractivity contribution >= 4 is 11.6 Å². The van der Waals surface area contributed by atoms with Crippen molar-refractivity contribution in [3.05, 3.63) is 95.6 Å². The Kier molecular flexibility index (Phi) is 6.69. The van der Waals surface area contributed by atoms with Gasteiger partial charge in [0, 0.05) is 5.69 Å². The van der Waals surface area contributed by atoms with Crippen LogP contribution in [0.3, 0.4) is 0 Å². The summed E-state index contributed by atoms with van der Waals surface area (Å²) in [6.45, 7) is 6.08. The van der Waals surface area contributed by atoms with E-state index in [4.69, 9.17) is 0 Å². The summed E-state index contributed by atoms with van der Waals surface area (Å²) in [6.07, 6.45) is 0.391. The van der Waals surface area contributed by atoms with Crippen molar-refractivity contribution in [1.29, 1.82) is 0 Å². The maximum Gasteiger partial charge on any atom is 0.236 e. The molecule has 4 rings (SSSR count). The molecule has 1 amide bonds. The van der Waals surface area contributed by atoms with Gasteiger partial charge >= 0.3 is 0 Å². The second kappa shape index (κ2) is 9.42. The highest BCUT2D eigenvalue weighted by Crippen LogP contribution is 2.64. The fourth-order valence-corrected chi connectivity index (χ4v) is 6.00. The zero-order chi connectivity index (χ0) is 25.4. The van der Waals surface area contributed by atoms with E-state index in [1.165, 1.54) is 24.3 Å². The van der Waals surface area contributed by atoms with Crippen LogP contribution in [0.25, 0.3) is 0 Å². The number of benzene rings is 3. The standard InChI is InChI=1S/C29H31F2NO3/c1-4-28(18-17-26(34)20-5-9-22(30)10-6-20)27(35)32(24-13-11-23(31)12-14-24)29(28,19(2)3)21-7-15-25(33)16-8-21/h5-16,19,26,33-34H,4,17-18H2,1-3H3. The first-order valence-corrected chi connectivity index (χ1v) is 12.0. The molecule has 0 aliphatic carbocycles. The van der Waals surface area contributed by atoms with E-state index in [1.807, 2.05) is 19.1 Å². The Morgan fingerprint density at radius 3 is 1.94 bits per heavy atom. The number of aliphatic hydroxyl groups is 1. The summed E-state index contributed by atoms with van der Waals surface area (Å²) in [4.78, 5) is 15.8. The fourth-order valence-electron chi connectivity index (χ4n) is 6.00. The second-order valence-corrected chi connectivity index (χ2v) is 9.63. The molecule has 3 unspecified atom stereocenters. The van der Waals surface area contributed by atoms with E-state index in [2.05, 4.69) is 13.8 Å². The summed E-state index contributed by atoms with van der Waals surface area (Å²) in [5.41, 5.74) is 0.439. The molecule has 0 spiro atoms. The Balaban J connectivity index is 1.80. The number of β-lactam (4-membered cyclic amide) rings is 1. The van der Waals surface area contributed by atoms with Gasteiger partial charge in [-0.2, -0.15) is 0 Å². The Labute approximate surface area is 204 Å². The van der Waals surface area contributed by atoms with Crippen molar-refractivity contribution < 1.29 is 23.8 Å². The largest absolute Gasteiger partial charge is 0.508 e. The van der Waals surface area contributed by atoms with Crippen molar-refractivity contribution in [2.45, 2.75) is 51.7 Å². The third-order valence-corrected chi connectivity index (χ3v) is 7.63. The van der Waals surface area contributed by atoms with E-state index in [0.29, 0.717) is 30.5 Å². The van der Waals surface area contributed by atoms with Crippen molar-refractivity contribution in [3.63, 3.8) is 0 Å². The van der Waals surface area contributed by atoms with Gasteiger partial charge in [0.2, 0.25) is 5.91 Å². The van der Waals surface area contributed by atoms with E-state index in [1.54, 1.807) is 41.3 Å². The third-order valence-electron chi connectivity index (χ3n) is 7.63. The van der Waals surface area contributed by atoms with Gasteiger partial charge in [-0.15, -0.1) is 0 Å². The van der Waals surface area contributed by atoms with Gasteiger partial charge in [-0.1, -0.05) is 45.0 Å². The number of nitrogens with zero attached hydrogens (tertiary/aromatic N) is 1. The zero-order valence-corrected chi connectivity index (χ0v) is 20.2. The Morgan fingerprint density at radius 1 is 0.886 bits per heavy atom. The maximum atomic E-state index is 14.0. The van der Waals surface area contributed by atoms with Gasteiger partial charge in [-0.3, -0.25) is 4.79 Å². The van der Waals surface area contributed by atoms with Crippen LogP contribution in [-0.4, -0.2) is 16.1 Å². The summed E-state index contributed by atoms with van der Waals surface area (Å²) in [6, 6.07) is 18.5. The van der Waals surface area contributed by atoms with Crippen LogP contribution in [0.4, 0.5) is 14.5 Å². The first-order chi connectivity index (χ1) is 16.7. The Morgan fingerprint density at radius 2 is 1.43 bits per heavy atom. The summed E-state index contributed by atoms with van der Waals surface area (Å²) in [5.74, 6) is -0.759. The lowest BCUT2D eigenvalue weighted by Gasteiger charge is -2.67. The van der Waals surface area contributed by atoms with Crippen molar-refractivity contribution in [2.75, 3.05) is 4.90 Å². The number of carbonyl (C=O) groups is 1. The van der Waals surface area contributed by atoms with Crippen LogP contribution in [0.2, 0.25) is 0 Å². The molecule has 1 aliphatic heterocycles. The summed E-state index contributed by atoms with van der Waals surface area (Å²) < 4.78 is 27.1. The van der Waals surface area contributed by atoms with E-state index in [9.17, 15) is 23.8 Å². The molecular weight excluding hydrogens is 448 g/mol. The number of anilines is 1. The molecule has 6 heteroatoms. The minimum Gasteiger partial charge on any atom is -0.508 e. The normalized spacial score (nSPS) is 22.8. The topological polar surface area (TPSA) is 60.8 Å². The van der Waals surface area contributed by atoms with E-state index in [-0.39, 0.29) is 29.2 Å². The molecule has 1 aliphatic rings. The highest BCUT2D eigenvalue weighted by atomic mass is 19.1. The van der Waals surface area contributed by atoms with Crippen LogP contribution in [0.5, 0.6) is 5.75 Å². The molecule has 0 radical (unpaired) electrons. The quantitative estimate of drug-likeness (QED) is 0.364. The Hall–Kier alpha value is -3.25. The van der Waals surface area contributed by atoms with Gasteiger partial charge in [0.15, 0.2) is 0 Å². The first kappa shape index (κ1) is 24.9. The molecule has 1 saturated heterocycles. The molecule has 3 atom stereocenters. The number of phenols is 1. The molecule has 0 saturated carbocycles. The van der Waals surface area contributed by atoms with Gasteiger partial charge in [0.25, 0.3) is 0 Å². The molecule has 1 fully saturated rings. The molecule has 3 aromatic carbocycles. The van der Waals surface area contributed by atoms with Crippen LogP contribution in [-0.2, 0) is 10.3 Å². The van der Waals surface area contributed by atoms with Crippen molar-refractivity contribution in [2.24, 2.45) is 11.3 Å². The number of carbonyl (C=O) groups excluding carboxylic acids is 1. The number of phenolic OH excluding ortho intramolecular Hbond substituents is 1. The lowest BCUT2D eigenvalue weighted by atomic mass is 9.49. The molecule has 0 bridgehead atoms. The van der Waals surface area contributed by atoms with Crippen LogP contribution >= 0.6 is 0 Å². The zero-order valence-electron chi connectivity index (χ0n) is 20.2. The van der Waals surface area contributed by atoms with Gasteiger partial charge in [0.05, 0.1) is 17.1 Å². The predicted octanol–water partition coefficient (Wildman–Crippen LogP) is 6.48. The highest BCUT2D eigenvalue weighted by Gasteiger charge is 2.71. The molecule has 184 valence electrons. The summed E-state index contributed by atoms with van der Waals surface area (Å²) in [7, 11) is 0. The SMILES string of the molecule is CCC1(CCC(O)c2ccc(F)cc2)C(=O)N(c2ccc(F)cc2)C1(c1ccc(O)cc1)C(C)C. The lowest BCUT2D eigenvalue weighted by Crippen LogP contribution is -2.78. The minimum absolute atomic E-state index is 0.0438. The third kappa shape index (κ3) is 3.90. The van der Waals surface area contributed by atoms with Gasteiger partial charge < -0.3 is 15.1 Å². The number of aromatic hydroxyl groups is 1. The van der Waals surface area contributed by atoms with Crippen molar-refractivity contribution in [3.8, 4) is 5.75 Å². The number of hydrogen-bond donors (Lipinski definition) is 2.